The molecule has 0 aliphatic rings. The first-order valence-electron chi connectivity index (χ1n) is 48.4. The van der Waals surface area contributed by atoms with Gasteiger partial charge < -0.3 is 22.5 Å². The number of benzene rings is 21. The molecule has 0 saturated heterocycles. The fourth-order valence-corrected chi connectivity index (χ4v) is 22.4. The maximum Gasteiger partial charge on any atom is 0.189 e. The van der Waals surface area contributed by atoms with E-state index < -0.39 is 0 Å². The molecule has 690 valence electrons. The maximum atomic E-state index is 9.69. The maximum absolute atomic E-state index is 9.69. The van der Waals surface area contributed by atoms with Gasteiger partial charge in [-0.3, -0.25) is 0 Å². The van der Waals surface area contributed by atoms with Crippen molar-refractivity contribution in [1.29, 1.82) is 15.8 Å². The van der Waals surface area contributed by atoms with Crippen molar-refractivity contribution < 1.29 is 8.83 Å². The molecule has 14 nitrogen and oxygen atoms in total. The smallest absolute Gasteiger partial charge is 0.189 e. The number of fused-ring (bicyclic) bond motifs is 18. The monoisotopic (exact) mass is 1920 g/mol. The van der Waals surface area contributed by atoms with E-state index in [0.717, 1.165) is 221 Å². The van der Waals surface area contributed by atoms with Crippen LogP contribution in [0.2, 0.25) is 0 Å². The van der Waals surface area contributed by atoms with E-state index in [2.05, 4.69) is 267 Å². The van der Waals surface area contributed by atoms with Crippen LogP contribution >= 0.6 is 11.3 Å². The number of thiophene rings is 1. The van der Waals surface area contributed by atoms with Gasteiger partial charge in [0.05, 0.1) is 107 Å². The standard InChI is InChI=1S/2C45H24N4O.C45H24N4S/c1-47-34-16-18-43-40(26-34)39-19-28(27-46)15-17-42(39)49(43)36-22-32(21-35(25-36)48-2)33-23-38(45-41(24-33)37-13-6-7-14-44(37)50-45)31-12-8-11-30(20-31)29-9-4-3-5-10-29;1-47-35-14-16-43-40(26-35)39-18-28(27-46)12-15-42(39)49(43)37-23-34(22-36(25-37)48-2)33-20-31(29-8-4-3-5-9-29)19-32(21-33)30-13-17-45-41(24-30)38-10-6-7-11-44(38)50-45;1-47-34-16-18-43-40(26-34)39-19-28(27-46)15-17-42(39)49(43)36-22-32(21-35(25-36)48-2)33-23-38(45-41(24-33)37-13-6-7-14-44(37)50-45)31-12-8-11-30(20-31)29-9-4-3-5-10-29/h3*3-26H. The zero-order valence-corrected chi connectivity index (χ0v) is 80.5. The van der Waals surface area contributed by atoms with Crippen LogP contribution in [0, 0.1) is 73.4 Å². The third kappa shape index (κ3) is 16.0. The van der Waals surface area contributed by atoms with Crippen LogP contribution in [0.3, 0.4) is 0 Å². The summed E-state index contributed by atoms with van der Waals surface area (Å²) < 4.78 is 21.5. The molecule has 0 radical (unpaired) electrons. The van der Waals surface area contributed by atoms with Crippen molar-refractivity contribution in [2.75, 3.05) is 0 Å². The van der Waals surface area contributed by atoms with Gasteiger partial charge in [-0.2, -0.15) is 15.8 Å². The summed E-state index contributed by atoms with van der Waals surface area (Å²) in [6, 6.07) is 153. The van der Waals surface area contributed by atoms with Crippen LogP contribution in [0.1, 0.15) is 16.7 Å². The molecule has 0 aliphatic heterocycles. The van der Waals surface area contributed by atoms with Gasteiger partial charge in [-0.05, 0) is 336 Å². The first-order valence-corrected chi connectivity index (χ1v) is 49.2. The van der Waals surface area contributed by atoms with Gasteiger partial charge in [0.25, 0.3) is 0 Å². The second-order valence-electron chi connectivity index (χ2n) is 36.9. The van der Waals surface area contributed by atoms with E-state index >= 15 is 0 Å². The minimum atomic E-state index is 0.503. The molecule has 0 atom stereocenters. The number of aromatic nitrogens is 3. The van der Waals surface area contributed by atoms with Gasteiger partial charge in [-0.15, -0.1) is 11.3 Å². The third-order valence-corrected chi connectivity index (χ3v) is 29.4. The van der Waals surface area contributed by atoms with Gasteiger partial charge in [0.2, 0.25) is 0 Å². The molecule has 6 heterocycles. The highest BCUT2D eigenvalue weighted by Crippen LogP contribution is 2.50. The molecule has 27 rings (SSSR count). The molecular formula is C135H72N12O2S. The number of hydrogen-bond donors (Lipinski definition) is 0. The zero-order valence-electron chi connectivity index (χ0n) is 79.7. The lowest BCUT2D eigenvalue weighted by Gasteiger charge is -2.14. The van der Waals surface area contributed by atoms with E-state index in [1.54, 1.807) is 6.07 Å². The average Bonchev–Trinajstić information content (AvgIpc) is 1.59. The Hall–Kier alpha value is -21.7. The van der Waals surface area contributed by atoms with E-state index in [-0.39, 0.29) is 0 Å². The predicted octanol–water partition coefficient (Wildman–Crippen LogP) is 38.4. The zero-order chi connectivity index (χ0) is 101. The Morgan fingerprint density at radius 3 is 0.960 bits per heavy atom. The summed E-state index contributed by atoms with van der Waals surface area (Å²) in [6.45, 7) is 47.1. The molecule has 0 aliphatic carbocycles. The first-order chi connectivity index (χ1) is 73.8. The Morgan fingerprint density at radius 2 is 0.513 bits per heavy atom. The molecule has 0 N–H and O–H groups in total. The molecule has 0 saturated carbocycles. The van der Waals surface area contributed by atoms with Gasteiger partial charge in [0.1, 0.15) is 22.3 Å². The van der Waals surface area contributed by atoms with E-state index in [1.165, 1.54) is 25.7 Å². The lowest BCUT2D eigenvalue weighted by atomic mass is 9.92. The van der Waals surface area contributed by atoms with Crippen LogP contribution in [0.5, 0.6) is 0 Å². The normalized spacial score (nSPS) is 11.1. The fourth-order valence-electron chi connectivity index (χ4n) is 21.2. The first kappa shape index (κ1) is 89.6. The number of rotatable bonds is 12. The van der Waals surface area contributed by atoms with Crippen LogP contribution in [-0.2, 0) is 0 Å². The summed E-state index contributed by atoms with van der Waals surface area (Å²) in [5, 5.41) is 40.9. The van der Waals surface area contributed by atoms with Gasteiger partial charge in [-0.1, -0.05) is 206 Å². The van der Waals surface area contributed by atoms with E-state index in [1.807, 2.05) is 236 Å². The van der Waals surface area contributed by atoms with Crippen LogP contribution in [0.15, 0.2) is 446 Å². The minimum absolute atomic E-state index is 0.503. The van der Waals surface area contributed by atoms with Crippen molar-refractivity contribution in [1.82, 2.24) is 13.7 Å². The summed E-state index contributed by atoms with van der Waals surface area (Å²) in [6.07, 6.45) is 0. The summed E-state index contributed by atoms with van der Waals surface area (Å²) in [4.78, 5) is 22.7. The molecule has 6 aromatic heterocycles. The predicted molar refractivity (Wildman–Crippen MR) is 610 cm³/mol. The number of nitrogens with zero attached hydrogens (tertiary/aromatic N) is 12. The van der Waals surface area contributed by atoms with Gasteiger partial charge in [0, 0.05) is 86.1 Å². The van der Waals surface area contributed by atoms with Crippen molar-refractivity contribution in [2.45, 2.75) is 0 Å². The van der Waals surface area contributed by atoms with Crippen molar-refractivity contribution >= 4 is 175 Å². The molecule has 0 amide bonds. The SMILES string of the molecule is [C-]#[N+]c1cc(-c2cc(-c3cccc(-c4ccccc4)c3)c3oc4ccccc4c3c2)cc(-n2c3ccc(C#N)cc3c3cc([N+]#[C-])ccc32)c1.[C-]#[N+]c1cc(-c2cc(-c3cccc(-c4ccccc4)c3)c3sc4ccccc4c3c2)cc(-n2c3ccc(C#N)cc3c3cc([N+]#[C-])ccc32)c1.[C-]#[N+]c1cc(-c2cc(-c3ccccc3)cc(-c3ccc4oc5ccccc5c4c3)c2)cc(-n2c3ccc(C#N)cc3c3cc([N+]#[C-])ccc32)c1. The van der Waals surface area contributed by atoms with Gasteiger partial charge >= 0.3 is 0 Å². The topological polar surface area (TPSA) is 139 Å². The highest BCUT2D eigenvalue weighted by molar-refractivity contribution is 7.26. The molecule has 0 spiro atoms. The lowest BCUT2D eigenvalue weighted by Crippen LogP contribution is -1.95. The largest absolute Gasteiger partial charge is 0.456 e. The van der Waals surface area contributed by atoms with E-state index in [9.17, 15) is 15.8 Å². The van der Waals surface area contributed by atoms with Crippen molar-refractivity contribution in [3.05, 3.63) is 522 Å². The molecule has 0 fully saturated rings. The van der Waals surface area contributed by atoms with Gasteiger partial charge in [0.15, 0.2) is 34.1 Å². The average molecular weight is 1930 g/mol. The quantitative estimate of drug-likeness (QED) is 0.112. The molecule has 27 aromatic rings. The number of nitriles is 3. The van der Waals surface area contributed by atoms with E-state index in [0.29, 0.717) is 50.8 Å². The Labute approximate surface area is 864 Å². The van der Waals surface area contributed by atoms with Gasteiger partial charge in [-0.25, -0.2) is 29.1 Å². The van der Waals surface area contributed by atoms with Crippen molar-refractivity contribution in [2.24, 2.45) is 0 Å². The second kappa shape index (κ2) is 37.3. The molecule has 0 bridgehead atoms. The molecule has 15 heteroatoms. The summed E-state index contributed by atoms with van der Waals surface area (Å²) in [5.41, 5.74) is 34.9. The highest BCUT2D eigenvalue weighted by atomic mass is 32.1. The minimum Gasteiger partial charge on any atom is -0.456 e. The third-order valence-electron chi connectivity index (χ3n) is 28.2. The number of furan rings is 2. The molecule has 150 heavy (non-hydrogen) atoms. The van der Waals surface area contributed by atoms with E-state index in [4.69, 9.17) is 48.3 Å². The molecular weight excluding hydrogens is 1850 g/mol. The molecule has 21 aromatic carbocycles. The Bertz CT molecular complexity index is 10200. The number of para-hydroxylation sites is 2. The Morgan fingerprint density at radius 1 is 0.200 bits per heavy atom. The van der Waals surface area contributed by atoms with Crippen LogP contribution in [-0.4, -0.2) is 13.7 Å². The summed E-state index contributed by atoms with van der Waals surface area (Å²) in [5.74, 6) is 0. The second-order valence-corrected chi connectivity index (χ2v) is 37.9. The number of hydrogen-bond acceptors (Lipinski definition) is 6. The summed E-state index contributed by atoms with van der Waals surface area (Å²) >= 11 is 1.81. The highest BCUT2D eigenvalue weighted by Gasteiger charge is 2.26. The van der Waals surface area contributed by atoms with Crippen molar-refractivity contribution in [3.8, 4) is 135 Å². The molecule has 0 unspecified atom stereocenters. The Balaban J connectivity index is 0.000000116. The summed E-state index contributed by atoms with van der Waals surface area (Å²) in [7, 11) is 0. The lowest BCUT2D eigenvalue weighted by molar-refractivity contribution is 0.669. The van der Waals surface area contributed by atoms with Crippen molar-refractivity contribution in [3.63, 3.8) is 0 Å². The Kier molecular flexibility index (Phi) is 22.3. The van der Waals surface area contributed by atoms with Crippen LogP contribution in [0.25, 0.3) is 276 Å². The van der Waals surface area contributed by atoms with Crippen LogP contribution < -0.4 is 0 Å². The van der Waals surface area contributed by atoms with Crippen LogP contribution in [0.4, 0.5) is 34.1 Å². The fraction of sp³-hybridized carbons (Fsp3) is 0.